The summed E-state index contributed by atoms with van der Waals surface area (Å²) >= 11 is 2.75. The molecule has 1 N–H and O–H groups in total. The third kappa shape index (κ3) is 3.29. The van der Waals surface area contributed by atoms with E-state index in [2.05, 4.69) is 20.9 Å². The third-order valence-corrected chi connectivity index (χ3v) is 5.82. The van der Waals surface area contributed by atoms with Crippen LogP contribution in [0.2, 0.25) is 0 Å². The number of carbonyl (C=O) groups excluding carboxylic acids is 1. The first-order valence-electron chi connectivity index (χ1n) is 8.72. The number of nitrogens with one attached hydrogen (secondary N) is 1. The van der Waals surface area contributed by atoms with Crippen molar-refractivity contribution in [1.29, 1.82) is 0 Å². The minimum atomic E-state index is -1.18. The molecule has 2 aromatic carbocycles. The van der Waals surface area contributed by atoms with Gasteiger partial charge in [-0.1, -0.05) is 0 Å². The second-order valence-corrected chi connectivity index (χ2v) is 7.65. The van der Waals surface area contributed by atoms with Crippen molar-refractivity contribution in [2.45, 2.75) is 12.6 Å². The Morgan fingerprint density at radius 1 is 1.07 bits per heavy atom. The maximum Gasteiger partial charge on any atom is 0.256 e. The van der Waals surface area contributed by atoms with Gasteiger partial charge in [-0.05, 0) is 45.6 Å². The van der Waals surface area contributed by atoms with Crippen LogP contribution in [0.15, 0.2) is 33.5 Å². The van der Waals surface area contributed by atoms with E-state index in [1.807, 2.05) is 0 Å². The van der Waals surface area contributed by atoms with Crippen molar-refractivity contribution in [3.8, 4) is 0 Å². The Morgan fingerprint density at radius 3 is 2.30 bits per heavy atom. The number of benzene rings is 2. The van der Waals surface area contributed by atoms with Gasteiger partial charge in [0.15, 0.2) is 11.6 Å². The highest BCUT2D eigenvalue weighted by atomic mass is 79.9. The third-order valence-electron chi connectivity index (χ3n) is 5.06. The molecule has 156 valence electrons. The molecule has 0 saturated carbocycles. The number of hydrogen-bond donors (Lipinski definition) is 1. The molecule has 3 aromatic rings. The van der Waals surface area contributed by atoms with Crippen LogP contribution in [-0.2, 0) is 11.3 Å². The van der Waals surface area contributed by atoms with Crippen molar-refractivity contribution in [2.24, 2.45) is 0 Å². The Labute approximate surface area is 175 Å². The molecule has 0 aliphatic carbocycles. The van der Waals surface area contributed by atoms with Gasteiger partial charge in [-0.25, -0.2) is 17.6 Å². The summed E-state index contributed by atoms with van der Waals surface area (Å²) in [5, 5.41) is 0.0508. The lowest BCUT2D eigenvalue weighted by Crippen LogP contribution is -2.37. The molecule has 4 rings (SSSR count). The zero-order valence-corrected chi connectivity index (χ0v) is 16.9. The van der Waals surface area contributed by atoms with Crippen LogP contribution in [0.3, 0.4) is 0 Å². The molecule has 5 nitrogen and oxygen atoms in total. The quantitative estimate of drug-likeness (QED) is 0.438. The molecular formula is C20H13BrF4N2O3. The number of aromatic amines is 1. The molecule has 10 heteroatoms. The van der Waals surface area contributed by atoms with Crippen LogP contribution in [0, 0.1) is 23.3 Å². The number of hydrogen-bond acceptors (Lipinski definition) is 3. The van der Waals surface area contributed by atoms with Crippen LogP contribution in [0.1, 0.15) is 27.7 Å². The maximum atomic E-state index is 13.9. The van der Waals surface area contributed by atoms with Crippen LogP contribution in [0.5, 0.6) is 0 Å². The average Bonchev–Trinajstić information content (AvgIpc) is 2.71. The van der Waals surface area contributed by atoms with E-state index in [1.165, 1.54) is 11.9 Å². The molecule has 1 aliphatic heterocycles. The first-order valence-corrected chi connectivity index (χ1v) is 9.51. The van der Waals surface area contributed by atoms with E-state index in [9.17, 15) is 27.2 Å². The number of fused-ring (bicyclic) bond motifs is 3. The summed E-state index contributed by atoms with van der Waals surface area (Å²) in [7, 11) is 1.39. The van der Waals surface area contributed by atoms with Crippen molar-refractivity contribution in [3.63, 3.8) is 0 Å². The number of carbonyl (C=O) groups is 1. The molecule has 0 spiro atoms. The van der Waals surface area contributed by atoms with Gasteiger partial charge in [0.2, 0.25) is 0 Å². The fourth-order valence-corrected chi connectivity index (χ4v) is 3.80. The smallest absolute Gasteiger partial charge is 0.256 e. The zero-order chi connectivity index (χ0) is 21.7. The van der Waals surface area contributed by atoms with E-state index in [0.717, 1.165) is 24.3 Å². The lowest BCUT2D eigenvalue weighted by molar-refractivity contribution is 0.0335. The lowest BCUT2D eigenvalue weighted by Gasteiger charge is -2.34. The predicted molar refractivity (Wildman–Crippen MR) is 103 cm³/mol. The van der Waals surface area contributed by atoms with Crippen LogP contribution in [-0.4, -0.2) is 29.4 Å². The number of ether oxygens (including phenoxy) is 1. The number of nitrogens with zero attached hydrogens (tertiary/aromatic N) is 1. The van der Waals surface area contributed by atoms with Crippen molar-refractivity contribution in [1.82, 2.24) is 9.88 Å². The van der Waals surface area contributed by atoms with Crippen molar-refractivity contribution in [2.75, 3.05) is 13.7 Å². The summed E-state index contributed by atoms with van der Waals surface area (Å²) in [4.78, 5) is 28.9. The number of pyridine rings is 1. The fraction of sp³-hybridized carbons (Fsp3) is 0.200. The Kier molecular flexibility index (Phi) is 5.15. The van der Waals surface area contributed by atoms with Crippen molar-refractivity contribution in [3.05, 3.63) is 79.2 Å². The number of likely N-dealkylation sites (N-methyl/N-ethyl adjacent to an activating group) is 1. The van der Waals surface area contributed by atoms with Gasteiger partial charge in [-0.15, -0.1) is 0 Å². The summed E-state index contributed by atoms with van der Waals surface area (Å²) in [5.41, 5.74) is -0.182. The molecular weight excluding hydrogens is 472 g/mol. The lowest BCUT2D eigenvalue weighted by atomic mass is 9.95. The minimum absolute atomic E-state index is 0.000417. The molecule has 0 bridgehead atoms. The van der Waals surface area contributed by atoms with Gasteiger partial charge in [-0.2, -0.15) is 0 Å². The van der Waals surface area contributed by atoms with Crippen molar-refractivity contribution >= 4 is 32.6 Å². The monoisotopic (exact) mass is 484 g/mol. The van der Waals surface area contributed by atoms with E-state index in [-0.39, 0.29) is 29.5 Å². The van der Waals surface area contributed by atoms with E-state index in [1.54, 1.807) is 0 Å². The Morgan fingerprint density at radius 2 is 1.67 bits per heavy atom. The number of amides is 1. The summed E-state index contributed by atoms with van der Waals surface area (Å²) in [6, 6.07) is 2.64. The molecule has 2 heterocycles. The van der Waals surface area contributed by atoms with Crippen molar-refractivity contribution < 1.29 is 27.1 Å². The number of halogens is 5. The Balaban J connectivity index is 1.84. The zero-order valence-electron chi connectivity index (χ0n) is 15.4. The van der Waals surface area contributed by atoms with Crippen LogP contribution in [0.25, 0.3) is 10.8 Å². The first kappa shape index (κ1) is 20.5. The van der Waals surface area contributed by atoms with E-state index in [0.29, 0.717) is 11.3 Å². The molecule has 1 aliphatic rings. The number of rotatable bonds is 2. The van der Waals surface area contributed by atoms with E-state index >= 15 is 0 Å². The van der Waals surface area contributed by atoms with Crippen LogP contribution >= 0.6 is 15.9 Å². The highest BCUT2D eigenvalue weighted by Crippen LogP contribution is 2.34. The maximum absolute atomic E-state index is 13.9. The first-order chi connectivity index (χ1) is 14.2. The molecule has 0 fully saturated rings. The standard InChI is InChI=1S/C20H13BrF4N2O3/c1-27(20(29)8-2-13(24)18(21)14(25)3-8)16-7-30-6-15-17(16)9-4-11(22)12(23)5-10(9)19(28)26-15/h2-5,16H,6-7H2,1H3,(H,26,28)/t16-/m1/s1. The van der Waals surface area contributed by atoms with Gasteiger partial charge in [0.05, 0.1) is 29.1 Å². The van der Waals surface area contributed by atoms with Gasteiger partial charge in [0.1, 0.15) is 11.6 Å². The molecule has 0 saturated heterocycles. The second-order valence-electron chi connectivity index (χ2n) is 6.86. The molecule has 1 atom stereocenters. The van der Waals surface area contributed by atoms with E-state index in [4.69, 9.17) is 4.74 Å². The molecule has 30 heavy (non-hydrogen) atoms. The topological polar surface area (TPSA) is 62.4 Å². The van der Waals surface area contributed by atoms with E-state index < -0.39 is 45.2 Å². The van der Waals surface area contributed by atoms with Crippen LogP contribution < -0.4 is 5.56 Å². The highest BCUT2D eigenvalue weighted by molar-refractivity contribution is 9.10. The molecule has 0 radical (unpaired) electrons. The average molecular weight is 485 g/mol. The number of aromatic nitrogens is 1. The molecule has 1 amide bonds. The normalized spacial score (nSPS) is 15.9. The van der Waals surface area contributed by atoms with Gasteiger partial charge < -0.3 is 14.6 Å². The second kappa shape index (κ2) is 7.51. The van der Waals surface area contributed by atoms with Gasteiger partial charge in [-0.3, -0.25) is 9.59 Å². The molecule has 1 aromatic heterocycles. The molecule has 0 unspecified atom stereocenters. The highest BCUT2D eigenvalue weighted by Gasteiger charge is 2.32. The van der Waals surface area contributed by atoms with Crippen LogP contribution in [0.4, 0.5) is 17.6 Å². The minimum Gasteiger partial charge on any atom is -0.373 e. The number of H-pyrrole nitrogens is 1. The summed E-state index contributed by atoms with van der Waals surface area (Å²) in [5.74, 6) is -4.93. The van der Waals surface area contributed by atoms with Gasteiger partial charge in [0.25, 0.3) is 11.5 Å². The van der Waals surface area contributed by atoms with Gasteiger partial charge >= 0.3 is 0 Å². The fourth-order valence-electron chi connectivity index (χ4n) is 3.57. The largest absolute Gasteiger partial charge is 0.373 e. The van der Waals surface area contributed by atoms with Gasteiger partial charge in [0, 0.05) is 23.9 Å². The summed E-state index contributed by atoms with van der Waals surface area (Å²) in [6.45, 7) is -0.0174. The predicted octanol–water partition coefficient (Wildman–Crippen LogP) is 4.19. The summed E-state index contributed by atoms with van der Waals surface area (Å²) in [6.07, 6.45) is 0. The Bertz CT molecular complexity index is 1240. The summed E-state index contributed by atoms with van der Waals surface area (Å²) < 4.78 is 60.4. The Hall–Kier alpha value is -2.72. The SMILES string of the molecule is CN(C(=O)c1cc(F)c(Br)c(F)c1)[C@@H]1COCc2[nH]c(=O)c3cc(F)c(F)cc3c21.